The molecule has 4 rings (SSSR count). The van der Waals surface area contributed by atoms with Crippen LogP contribution in [0.3, 0.4) is 0 Å². The Bertz CT molecular complexity index is 862. The Morgan fingerprint density at radius 2 is 1.85 bits per heavy atom. The lowest BCUT2D eigenvalue weighted by atomic mass is 9.78. The number of carbonyl (C=O) groups is 1. The number of fused-ring (bicyclic) bond motifs is 1. The molecule has 0 amide bonds. The number of carbonyl (C=O) groups excluding carboxylic acids is 1. The molecule has 2 aromatic rings. The van der Waals surface area contributed by atoms with Gasteiger partial charge in [0.1, 0.15) is 12.1 Å². The fourth-order valence-corrected chi connectivity index (χ4v) is 4.46. The van der Waals surface area contributed by atoms with Gasteiger partial charge in [-0.05, 0) is 44.3 Å². The molecule has 1 aromatic carbocycles. The number of anilines is 1. The summed E-state index contributed by atoms with van der Waals surface area (Å²) in [6.45, 7) is 5.74. The van der Waals surface area contributed by atoms with Crippen molar-refractivity contribution in [2.45, 2.75) is 26.2 Å². The molecular weight excluding hydrogens is 344 g/mol. The molecule has 144 valence electrons. The summed E-state index contributed by atoms with van der Waals surface area (Å²) in [6, 6.07) is 3.62. The quantitative estimate of drug-likeness (QED) is 0.607. The van der Waals surface area contributed by atoms with Gasteiger partial charge in [0.25, 0.3) is 0 Å². The second-order valence-electron chi connectivity index (χ2n) is 7.79. The van der Waals surface area contributed by atoms with E-state index >= 15 is 0 Å². The van der Waals surface area contributed by atoms with E-state index in [1.54, 1.807) is 19.5 Å². The van der Waals surface area contributed by atoms with Crippen molar-refractivity contribution >= 4 is 22.7 Å². The molecule has 2 aliphatic heterocycles. The lowest BCUT2D eigenvalue weighted by Gasteiger charge is -2.40. The molecule has 1 aromatic heterocycles. The number of aromatic nitrogens is 2. The van der Waals surface area contributed by atoms with Gasteiger partial charge in [-0.1, -0.05) is 0 Å². The third-order valence-corrected chi connectivity index (χ3v) is 5.91. The van der Waals surface area contributed by atoms with Crippen LogP contribution in [0, 0.1) is 5.41 Å². The van der Waals surface area contributed by atoms with E-state index in [0.29, 0.717) is 16.9 Å². The fourth-order valence-electron chi connectivity index (χ4n) is 4.46. The maximum atomic E-state index is 11.5. The third-order valence-electron chi connectivity index (χ3n) is 5.91. The number of likely N-dealkylation sites (tertiary alicyclic amines) is 1. The Morgan fingerprint density at radius 1 is 1.11 bits per heavy atom. The van der Waals surface area contributed by atoms with Crippen LogP contribution >= 0.6 is 0 Å². The fraction of sp³-hybridized carbons (Fsp3) is 0.550. The van der Waals surface area contributed by atoms with Crippen molar-refractivity contribution in [3.05, 3.63) is 18.5 Å². The van der Waals surface area contributed by atoms with Gasteiger partial charge in [-0.25, -0.2) is 9.97 Å². The standard InChI is InChI=1S/C20H26N4O3/c1-14(25)27-18-10-15-16(11-17(18)26-3)21-13-22-19(15)24-8-5-20(6-9-24)4-7-23(2)12-20/h10-11,13H,4-9,12H2,1-3H3. The van der Waals surface area contributed by atoms with Crippen LogP contribution in [0.25, 0.3) is 10.9 Å². The Morgan fingerprint density at radius 3 is 2.48 bits per heavy atom. The minimum Gasteiger partial charge on any atom is -0.493 e. The van der Waals surface area contributed by atoms with Gasteiger partial charge in [0.2, 0.25) is 0 Å². The van der Waals surface area contributed by atoms with Gasteiger partial charge in [-0.2, -0.15) is 0 Å². The maximum Gasteiger partial charge on any atom is 0.308 e. The predicted molar refractivity (Wildman–Crippen MR) is 103 cm³/mol. The molecule has 0 N–H and O–H groups in total. The highest BCUT2D eigenvalue weighted by atomic mass is 16.6. The molecule has 7 heteroatoms. The van der Waals surface area contributed by atoms with Crippen molar-refractivity contribution in [2.75, 3.05) is 45.2 Å². The van der Waals surface area contributed by atoms with Crippen molar-refractivity contribution in [1.29, 1.82) is 0 Å². The van der Waals surface area contributed by atoms with E-state index in [1.807, 2.05) is 6.07 Å². The minimum absolute atomic E-state index is 0.378. The minimum atomic E-state index is -0.378. The summed E-state index contributed by atoms with van der Waals surface area (Å²) in [6.07, 6.45) is 5.23. The highest BCUT2D eigenvalue weighted by Crippen LogP contribution is 2.42. The summed E-state index contributed by atoms with van der Waals surface area (Å²) in [5, 5.41) is 0.883. The molecule has 27 heavy (non-hydrogen) atoms. The molecule has 2 saturated heterocycles. The SMILES string of the molecule is COc1cc2ncnc(N3CCC4(CCN(C)C4)CC3)c2cc1OC(C)=O. The predicted octanol–water partition coefficient (Wildman–Crippen LogP) is 2.49. The summed E-state index contributed by atoms with van der Waals surface area (Å²) >= 11 is 0. The summed E-state index contributed by atoms with van der Waals surface area (Å²) in [7, 11) is 3.77. The molecule has 0 radical (unpaired) electrons. The van der Waals surface area contributed by atoms with Crippen LogP contribution in [0.15, 0.2) is 18.5 Å². The first-order chi connectivity index (χ1) is 13.0. The van der Waals surface area contributed by atoms with Gasteiger partial charge >= 0.3 is 5.97 Å². The van der Waals surface area contributed by atoms with Crippen molar-refractivity contribution < 1.29 is 14.3 Å². The van der Waals surface area contributed by atoms with Crippen LogP contribution in [0.2, 0.25) is 0 Å². The molecular formula is C20H26N4O3. The van der Waals surface area contributed by atoms with Gasteiger partial charge in [-0.3, -0.25) is 4.79 Å². The summed E-state index contributed by atoms with van der Waals surface area (Å²) in [4.78, 5) is 25.2. The van der Waals surface area contributed by atoms with Crippen LogP contribution in [0.4, 0.5) is 5.82 Å². The van der Waals surface area contributed by atoms with Gasteiger partial charge in [0, 0.05) is 38.0 Å². The maximum absolute atomic E-state index is 11.5. The topological polar surface area (TPSA) is 67.8 Å². The summed E-state index contributed by atoms with van der Waals surface area (Å²) in [5.74, 6) is 1.42. The van der Waals surface area contributed by atoms with Crippen molar-refractivity contribution in [3.63, 3.8) is 0 Å². The number of ether oxygens (including phenoxy) is 2. The molecule has 0 saturated carbocycles. The van der Waals surface area contributed by atoms with E-state index in [2.05, 4.69) is 26.8 Å². The Balaban J connectivity index is 1.65. The monoisotopic (exact) mass is 370 g/mol. The number of hydrogen-bond acceptors (Lipinski definition) is 7. The van der Waals surface area contributed by atoms with Crippen molar-refractivity contribution in [2.24, 2.45) is 5.41 Å². The Labute approximate surface area is 159 Å². The first-order valence-electron chi connectivity index (χ1n) is 9.44. The van der Waals surface area contributed by atoms with Gasteiger partial charge in [-0.15, -0.1) is 0 Å². The lowest BCUT2D eigenvalue weighted by Crippen LogP contribution is -2.41. The molecule has 0 atom stereocenters. The molecule has 2 aliphatic rings. The zero-order valence-corrected chi connectivity index (χ0v) is 16.2. The van der Waals surface area contributed by atoms with E-state index in [-0.39, 0.29) is 5.97 Å². The molecule has 1 spiro atoms. The van der Waals surface area contributed by atoms with Crippen molar-refractivity contribution in [1.82, 2.24) is 14.9 Å². The van der Waals surface area contributed by atoms with Crippen LogP contribution in [0.5, 0.6) is 11.5 Å². The Hall–Kier alpha value is -2.41. The zero-order valence-electron chi connectivity index (χ0n) is 16.2. The number of esters is 1. The summed E-state index contributed by atoms with van der Waals surface area (Å²) in [5.41, 5.74) is 1.24. The van der Waals surface area contributed by atoms with E-state index in [9.17, 15) is 4.79 Å². The van der Waals surface area contributed by atoms with Crippen LogP contribution in [0.1, 0.15) is 26.2 Å². The van der Waals surface area contributed by atoms with Crippen LogP contribution in [-0.2, 0) is 4.79 Å². The average molecular weight is 370 g/mol. The number of benzene rings is 1. The largest absolute Gasteiger partial charge is 0.493 e. The number of rotatable bonds is 3. The number of hydrogen-bond donors (Lipinski definition) is 0. The van der Waals surface area contributed by atoms with Crippen LogP contribution < -0.4 is 14.4 Å². The number of piperidine rings is 1. The van der Waals surface area contributed by atoms with Crippen LogP contribution in [-0.4, -0.2) is 61.2 Å². The van der Waals surface area contributed by atoms with Gasteiger partial charge in [0.15, 0.2) is 11.5 Å². The van der Waals surface area contributed by atoms with Gasteiger partial charge in [0.05, 0.1) is 12.6 Å². The molecule has 0 unspecified atom stereocenters. The van der Waals surface area contributed by atoms with E-state index in [0.717, 1.165) is 29.8 Å². The van der Waals surface area contributed by atoms with Crippen molar-refractivity contribution in [3.8, 4) is 11.5 Å². The third kappa shape index (κ3) is 3.43. The highest BCUT2D eigenvalue weighted by molar-refractivity contribution is 5.92. The highest BCUT2D eigenvalue weighted by Gasteiger charge is 2.39. The van der Waals surface area contributed by atoms with Gasteiger partial charge < -0.3 is 19.3 Å². The van der Waals surface area contributed by atoms with E-state index in [1.165, 1.54) is 39.3 Å². The zero-order chi connectivity index (χ0) is 19.0. The second-order valence-corrected chi connectivity index (χ2v) is 7.79. The first kappa shape index (κ1) is 18.0. The molecule has 0 aliphatic carbocycles. The molecule has 3 heterocycles. The number of nitrogens with zero attached hydrogens (tertiary/aromatic N) is 4. The summed E-state index contributed by atoms with van der Waals surface area (Å²) < 4.78 is 10.7. The molecule has 0 bridgehead atoms. The van der Waals surface area contributed by atoms with E-state index < -0.39 is 0 Å². The molecule has 7 nitrogen and oxygen atoms in total. The second kappa shape index (κ2) is 6.96. The Kier molecular flexibility index (Phi) is 4.63. The van der Waals surface area contributed by atoms with E-state index in [4.69, 9.17) is 9.47 Å². The number of methoxy groups -OCH3 is 1. The average Bonchev–Trinajstić information content (AvgIpc) is 3.01. The molecule has 2 fully saturated rings. The lowest BCUT2D eigenvalue weighted by molar-refractivity contribution is -0.132. The normalized spacial score (nSPS) is 19.6. The smallest absolute Gasteiger partial charge is 0.308 e. The first-order valence-corrected chi connectivity index (χ1v) is 9.44.